The van der Waals surface area contributed by atoms with Gasteiger partial charge in [-0.15, -0.1) is 0 Å². The van der Waals surface area contributed by atoms with Gasteiger partial charge in [-0.2, -0.15) is 18.4 Å². The van der Waals surface area contributed by atoms with Gasteiger partial charge in [0.1, 0.15) is 11.7 Å². The molecule has 35 heavy (non-hydrogen) atoms. The van der Waals surface area contributed by atoms with E-state index in [9.17, 15) is 23.2 Å². The summed E-state index contributed by atoms with van der Waals surface area (Å²) in [7, 11) is 0. The molecule has 2 aliphatic rings. The summed E-state index contributed by atoms with van der Waals surface area (Å²) >= 11 is 0. The van der Waals surface area contributed by atoms with Crippen LogP contribution in [0.3, 0.4) is 0 Å². The number of nitrogens with zero attached hydrogens (tertiary/aromatic N) is 5. The lowest BCUT2D eigenvalue weighted by molar-refractivity contribution is -0.139. The second-order valence-electron chi connectivity index (χ2n) is 8.89. The topological polar surface area (TPSA) is 123 Å². The van der Waals surface area contributed by atoms with Gasteiger partial charge in [-0.25, -0.2) is 15.0 Å². The van der Waals surface area contributed by atoms with Gasteiger partial charge in [0.25, 0.3) is 0 Å². The number of nitrogens with one attached hydrogen (secondary N) is 3. The van der Waals surface area contributed by atoms with Gasteiger partial charge >= 0.3 is 6.18 Å². The van der Waals surface area contributed by atoms with Crippen molar-refractivity contribution >= 4 is 22.9 Å². The van der Waals surface area contributed by atoms with E-state index in [1.165, 1.54) is 12.4 Å². The van der Waals surface area contributed by atoms with Crippen LogP contribution in [-0.4, -0.2) is 63.5 Å². The van der Waals surface area contributed by atoms with Gasteiger partial charge in [0, 0.05) is 56.1 Å². The summed E-state index contributed by atoms with van der Waals surface area (Å²) in [6.07, 6.45) is 0.796. The lowest BCUT2D eigenvalue weighted by Gasteiger charge is -2.37. The van der Waals surface area contributed by atoms with Gasteiger partial charge in [0.15, 0.2) is 0 Å². The lowest BCUT2D eigenvalue weighted by Crippen LogP contribution is -2.53. The summed E-state index contributed by atoms with van der Waals surface area (Å²) < 4.78 is 39.6. The number of rotatable bonds is 5. The number of aromatic amines is 1. The van der Waals surface area contributed by atoms with Crippen molar-refractivity contribution in [1.29, 1.82) is 5.26 Å². The first-order chi connectivity index (χ1) is 16.8. The standard InChI is InChI=1S/C23H23F3N8O/c24-23(25,26)16-5-17-18(12-30-20(17)29-11-16)19-14(6-27)10-32-22(33-19)31-7-13-1-3-34(4-2-13)21(35)15-8-28-9-15/h5,10-13,15,28H,1-4,7-9H2,(H,29,30)(H,31,32,33). The molecule has 0 atom stereocenters. The van der Waals surface area contributed by atoms with Gasteiger partial charge in [0.05, 0.1) is 28.9 Å². The Morgan fingerprint density at radius 3 is 2.66 bits per heavy atom. The molecule has 5 rings (SSSR count). The zero-order valence-corrected chi connectivity index (χ0v) is 18.7. The van der Waals surface area contributed by atoms with Crippen LogP contribution in [0, 0.1) is 23.2 Å². The second-order valence-corrected chi connectivity index (χ2v) is 8.89. The minimum Gasteiger partial charge on any atom is -0.354 e. The molecule has 9 nitrogen and oxygen atoms in total. The molecule has 0 saturated carbocycles. The van der Waals surface area contributed by atoms with Crippen LogP contribution in [0.4, 0.5) is 19.1 Å². The normalized spacial score (nSPS) is 17.3. The number of halogens is 3. The van der Waals surface area contributed by atoms with Crippen LogP contribution >= 0.6 is 0 Å². The van der Waals surface area contributed by atoms with Crippen molar-refractivity contribution in [3.8, 4) is 17.3 Å². The fourth-order valence-corrected chi connectivity index (χ4v) is 4.42. The van der Waals surface area contributed by atoms with E-state index >= 15 is 0 Å². The number of H-pyrrole nitrogens is 1. The molecule has 0 radical (unpaired) electrons. The molecule has 0 spiro atoms. The number of fused-ring (bicyclic) bond motifs is 1. The Bertz CT molecular complexity index is 1290. The van der Waals surface area contributed by atoms with Crippen LogP contribution in [0.15, 0.2) is 24.7 Å². The molecule has 1 amide bonds. The molecule has 5 heterocycles. The quantitative estimate of drug-likeness (QED) is 0.509. The molecule has 182 valence electrons. The van der Waals surface area contributed by atoms with Crippen molar-refractivity contribution in [1.82, 2.24) is 30.2 Å². The van der Waals surface area contributed by atoms with Gasteiger partial charge in [-0.05, 0) is 24.8 Å². The Balaban J connectivity index is 1.30. The first-order valence-electron chi connectivity index (χ1n) is 11.4. The van der Waals surface area contributed by atoms with E-state index < -0.39 is 11.7 Å². The van der Waals surface area contributed by atoms with E-state index in [1.807, 2.05) is 11.0 Å². The van der Waals surface area contributed by atoms with Gasteiger partial charge < -0.3 is 20.5 Å². The Morgan fingerprint density at radius 1 is 1.23 bits per heavy atom. The number of aromatic nitrogens is 4. The van der Waals surface area contributed by atoms with E-state index in [2.05, 4.69) is 30.6 Å². The molecule has 12 heteroatoms. The maximum Gasteiger partial charge on any atom is 0.417 e. The number of alkyl halides is 3. The summed E-state index contributed by atoms with van der Waals surface area (Å²) in [6, 6.07) is 3.01. The molecule has 0 unspecified atom stereocenters. The highest BCUT2D eigenvalue weighted by atomic mass is 19.4. The molecular formula is C23H23F3N8O. The van der Waals surface area contributed by atoms with Crippen molar-refractivity contribution in [2.75, 3.05) is 38.0 Å². The van der Waals surface area contributed by atoms with Crippen LogP contribution < -0.4 is 10.6 Å². The van der Waals surface area contributed by atoms with Gasteiger partial charge in [-0.1, -0.05) is 0 Å². The Morgan fingerprint density at radius 2 is 2.00 bits per heavy atom. The van der Waals surface area contributed by atoms with Crippen LogP contribution in [0.5, 0.6) is 0 Å². The number of nitriles is 1. The molecule has 3 aromatic heterocycles. The number of piperidine rings is 1. The second kappa shape index (κ2) is 9.14. The first-order valence-corrected chi connectivity index (χ1v) is 11.4. The third kappa shape index (κ3) is 4.64. The Hall–Kier alpha value is -3.72. The minimum atomic E-state index is -4.54. The van der Waals surface area contributed by atoms with Crippen LogP contribution in [0.1, 0.15) is 24.0 Å². The summed E-state index contributed by atoms with van der Waals surface area (Å²) in [4.78, 5) is 29.7. The number of hydrogen-bond acceptors (Lipinski definition) is 7. The molecular weight excluding hydrogens is 461 g/mol. The molecule has 0 bridgehead atoms. The van der Waals surface area contributed by atoms with Crippen molar-refractivity contribution in [3.05, 3.63) is 35.8 Å². The average Bonchev–Trinajstić information content (AvgIpc) is 3.24. The van der Waals surface area contributed by atoms with Crippen molar-refractivity contribution in [2.24, 2.45) is 11.8 Å². The summed E-state index contributed by atoms with van der Waals surface area (Å²) in [6.45, 7) is 3.52. The Labute approximate surface area is 198 Å². The fourth-order valence-electron chi connectivity index (χ4n) is 4.42. The molecule has 3 N–H and O–H groups in total. The maximum absolute atomic E-state index is 13.2. The van der Waals surface area contributed by atoms with Crippen LogP contribution in [-0.2, 0) is 11.0 Å². The fraction of sp³-hybridized carbons (Fsp3) is 0.435. The number of carbonyl (C=O) groups is 1. The van der Waals surface area contributed by atoms with Crippen molar-refractivity contribution in [2.45, 2.75) is 19.0 Å². The SMILES string of the molecule is N#Cc1cnc(NCC2CCN(C(=O)C3CNC3)CC2)nc1-c1c[nH]c2ncc(C(F)(F)F)cc12. The summed E-state index contributed by atoms with van der Waals surface area (Å²) in [5.41, 5.74) is 0.107. The predicted octanol–water partition coefficient (Wildman–Crippen LogP) is 2.78. The van der Waals surface area contributed by atoms with Crippen molar-refractivity contribution < 1.29 is 18.0 Å². The van der Waals surface area contributed by atoms with Crippen molar-refractivity contribution in [3.63, 3.8) is 0 Å². The lowest BCUT2D eigenvalue weighted by atomic mass is 9.94. The largest absolute Gasteiger partial charge is 0.417 e. The molecule has 0 aliphatic carbocycles. The zero-order valence-electron chi connectivity index (χ0n) is 18.7. The highest BCUT2D eigenvalue weighted by Gasteiger charge is 2.32. The molecule has 0 aromatic carbocycles. The third-order valence-corrected chi connectivity index (χ3v) is 6.63. The Kier molecular flexibility index (Phi) is 6.02. The number of likely N-dealkylation sites (tertiary alicyclic amines) is 1. The monoisotopic (exact) mass is 484 g/mol. The molecule has 3 aromatic rings. The number of pyridine rings is 1. The van der Waals surface area contributed by atoms with E-state index in [-0.39, 0.29) is 40.1 Å². The highest BCUT2D eigenvalue weighted by molar-refractivity contribution is 5.94. The molecule has 2 fully saturated rings. The predicted molar refractivity (Wildman–Crippen MR) is 121 cm³/mol. The van der Waals surface area contributed by atoms with E-state index in [0.29, 0.717) is 31.1 Å². The summed E-state index contributed by atoms with van der Waals surface area (Å²) in [5.74, 6) is 0.930. The van der Waals surface area contributed by atoms with E-state index in [0.717, 1.165) is 38.2 Å². The highest BCUT2D eigenvalue weighted by Crippen LogP contribution is 2.34. The minimum absolute atomic E-state index is 0.0991. The third-order valence-electron chi connectivity index (χ3n) is 6.63. The average molecular weight is 484 g/mol. The number of amides is 1. The van der Waals surface area contributed by atoms with Crippen LogP contribution in [0.25, 0.3) is 22.3 Å². The summed E-state index contributed by atoms with van der Waals surface area (Å²) in [5, 5.41) is 16.1. The smallest absolute Gasteiger partial charge is 0.354 e. The molecule has 2 saturated heterocycles. The number of hydrogen-bond donors (Lipinski definition) is 3. The van der Waals surface area contributed by atoms with Crippen LogP contribution in [0.2, 0.25) is 0 Å². The zero-order chi connectivity index (χ0) is 24.6. The number of anilines is 1. The van der Waals surface area contributed by atoms with Gasteiger partial charge in [-0.3, -0.25) is 4.79 Å². The van der Waals surface area contributed by atoms with Gasteiger partial charge in [0.2, 0.25) is 11.9 Å². The van der Waals surface area contributed by atoms with E-state index in [1.54, 1.807) is 0 Å². The number of carbonyl (C=O) groups excluding carboxylic acids is 1. The van der Waals surface area contributed by atoms with E-state index in [4.69, 9.17) is 0 Å². The maximum atomic E-state index is 13.2. The molecule has 2 aliphatic heterocycles. The first kappa shape index (κ1) is 23.0.